The first-order chi connectivity index (χ1) is 34.3. The lowest BCUT2D eigenvalue weighted by Crippen LogP contribution is -2.32. The molecule has 69 heavy (non-hydrogen) atoms. The Hall–Kier alpha value is -8.52. The molecule has 10 aromatic rings. The Labute approximate surface area is 405 Å². The van der Waals surface area contributed by atoms with E-state index in [-0.39, 0.29) is 5.92 Å². The monoisotopic (exact) mass is 879 g/mol. The van der Waals surface area contributed by atoms with Crippen LogP contribution in [-0.2, 0) is 10.8 Å². The largest absolute Gasteiger partial charge is 0.313 e. The molecule has 0 aromatic heterocycles. The van der Waals surface area contributed by atoms with Crippen LogP contribution in [0.25, 0.3) is 33.4 Å². The molecule has 0 saturated carbocycles. The highest BCUT2D eigenvalue weighted by Crippen LogP contribution is 2.61. The first-order valence-corrected chi connectivity index (χ1v) is 24.3. The summed E-state index contributed by atoms with van der Waals surface area (Å²) in [7, 11) is 0. The van der Waals surface area contributed by atoms with Gasteiger partial charge in [-0.15, -0.1) is 0 Å². The zero-order chi connectivity index (χ0) is 45.8. The van der Waals surface area contributed by atoms with Gasteiger partial charge < -0.3 is 4.90 Å². The van der Waals surface area contributed by atoms with Gasteiger partial charge in [-0.3, -0.25) is 0 Å². The standard InChI is InChI=1S/C68H49N/c1-5-22-48(23-6-1)49-40-42-50(43-41-49)56-30-16-20-38-64(56)69(55-46-44-54(45-47-55)67(51-24-7-2-8-25-51)61-35-17-13-31-57(61)58-32-14-18-36-62(58)67)65-39-21-34-60-59-33-15-19-37-63(59)68(66(60)65,52-26-9-3-10-27-52)53-28-11-4-12-29-53/h1-29,31-47,56H,30H2. The van der Waals surface area contributed by atoms with Crippen molar-refractivity contribution in [1.82, 2.24) is 0 Å². The van der Waals surface area contributed by atoms with Crippen LogP contribution in [0, 0.1) is 0 Å². The van der Waals surface area contributed by atoms with Gasteiger partial charge in [0, 0.05) is 22.9 Å². The lowest BCUT2D eigenvalue weighted by atomic mass is 9.67. The lowest BCUT2D eigenvalue weighted by Gasteiger charge is -2.40. The van der Waals surface area contributed by atoms with Crippen molar-refractivity contribution < 1.29 is 0 Å². The molecule has 0 spiro atoms. The van der Waals surface area contributed by atoms with Crippen LogP contribution in [0.3, 0.4) is 0 Å². The van der Waals surface area contributed by atoms with Crippen molar-refractivity contribution >= 4 is 11.4 Å². The fraction of sp³-hybridized carbons (Fsp3) is 0.0588. The second-order valence-corrected chi connectivity index (χ2v) is 18.6. The van der Waals surface area contributed by atoms with Gasteiger partial charge in [0.25, 0.3) is 0 Å². The smallest absolute Gasteiger partial charge is 0.0734 e. The summed E-state index contributed by atoms with van der Waals surface area (Å²) in [6.07, 6.45) is 7.86. The Morgan fingerprint density at radius 1 is 0.348 bits per heavy atom. The zero-order valence-corrected chi connectivity index (χ0v) is 38.3. The predicted molar refractivity (Wildman–Crippen MR) is 286 cm³/mol. The van der Waals surface area contributed by atoms with E-state index in [1.165, 1.54) is 94.8 Å². The number of nitrogens with zero attached hydrogens (tertiary/aromatic N) is 1. The van der Waals surface area contributed by atoms with E-state index in [1.807, 2.05) is 0 Å². The predicted octanol–water partition coefficient (Wildman–Crippen LogP) is 16.8. The summed E-state index contributed by atoms with van der Waals surface area (Å²) >= 11 is 0. The van der Waals surface area contributed by atoms with Crippen molar-refractivity contribution in [2.75, 3.05) is 4.90 Å². The fourth-order valence-electron chi connectivity index (χ4n) is 12.4. The average Bonchev–Trinajstić information content (AvgIpc) is 3.92. The highest BCUT2D eigenvalue weighted by molar-refractivity contribution is 5.93. The third-order valence-corrected chi connectivity index (χ3v) is 15.2. The molecule has 0 saturated heterocycles. The molecule has 1 nitrogen and oxygen atoms in total. The van der Waals surface area contributed by atoms with E-state index >= 15 is 0 Å². The van der Waals surface area contributed by atoms with Crippen LogP contribution < -0.4 is 4.90 Å². The molecule has 0 aliphatic heterocycles. The molecule has 0 bridgehead atoms. The Morgan fingerprint density at radius 3 is 1.35 bits per heavy atom. The van der Waals surface area contributed by atoms with Gasteiger partial charge in [0.15, 0.2) is 0 Å². The van der Waals surface area contributed by atoms with Crippen molar-refractivity contribution in [2.24, 2.45) is 0 Å². The molecule has 13 rings (SSSR count). The van der Waals surface area contributed by atoms with Gasteiger partial charge in [-0.2, -0.15) is 0 Å². The molecule has 0 heterocycles. The van der Waals surface area contributed by atoms with Crippen molar-refractivity contribution in [3.05, 3.63) is 335 Å². The Balaban J connectivity index is 1.06. The minimum atomic E-state index is -0.601. The van der Waals surface area contributed by atoms with E-state index in [0.717, 1.165) is 12.1 Å². The molecule has 1 unspecified atom stereocenters. The van der Waals surface area contributed by atoms with Gasteiger partial charge in [0.05, 0.1) is 16.5 Å². The number of allylic oxidation sites excluding steroid dienone is 4. The summed E-state index contributed by atoms with van der Waals surface area (Å²) in [5, 5.41) is 0. The summed E-state index contributed by atoms with van der Waals surface area (Å²) in [5.41, 5.74) is 21.5. The molecule has 10 aromatic carbocycles. The van der Waals surface area contributed by atoms with Crippen molar-refractivity contribution in [3.63, 3.8) is 0 Å². The van der Waals surface area contributed by atoms with E-state index in [2.05, 4.69) is 284 Å². The zero-order valence-electron chi connectivity index (χ0n) is 38.3. The van der Waals surface area contributed by atoms with Crippen LogP contribution in [0.2, 0.25) is 0 Å². The number of anilines is 2. The van der Waals surface area contributed by atoms with Crippen LogP contribution in [0.15, 0.2) is 285 Å². The molecular formula is C68H49N. The van der Waals surface area contributed by atoms with Crippen LogP contribution in [0.4, 0.5) is 11.4 Å². The first kappa shape index (κ1) is 40.7. The molecule has 1 atom stereocenters. The third kappa shape index (κ3) is 6.24. The summed E-state index contributed by atoms with van der Waals surface area (Å²) in [6, 6.07) is 97.3. The lowest BCUT2D eigenvalue weighted by molar-refractivity contribution is 0.749. The van der Waals surface area contributed by atoms with Gasteiger partial charge >= 0.3 is 0 Å². The minimum absolute atomic E-state index is 0.0891. The van der Waals surface area contributed by atoms with Gasteiger partial charge in [-0.1, -0.05) is 255 Å². The van der Waals surface area contributed by atoms with Crippen LogP contribution in [0.5, 0.6) is 0 Å². The Bertz CT molecular complexity index is 3470. The number of hydrogen-bond donors (Lipinski definition) is 0. The molecule has 3 aliphatic carbocycles. The second-order valence-electron chi connectivity index (χ2n) is 18.6. The minimum Gasteiger partial charge on any atom is -0.313 e. The SMILES string of the molecule is C1=CCC(c2ccc(-c3ccccc3)cc2)C(N(c2ccc(C3(c4ccccc4)c4ccccc4-c4ccccc43)cc2)c2cccc3c2C(c2ccccc2)(c2ccccc2)c2ccccc2-3)=C1. The van der Waals surface area contributed by atoms with Gasteiger partial charge in [-0.25, -0.2) is 0 Å². The first-order valence-electron chi connectivity index (χ1n) is 24.3. The van der Waals surface area contributed by atoms with Crippen LogP contribution in [-0.4, -0.2) is 0 Å². The normalized spacial score (nSPS) is 15.6. The third-order valence-electron chi connectivity index (χ3n) is 15.2. The van der Waals surface area contributed by atoms with Crippen LogP contribution in [0.1, 0.15) is 62.4 Å². The van der Waals surface area contributed by atoms with E-state index in [1.54, 1.807) is 0 Å². The highest BCUT2D eigenvalue weighted by atomic mass is 15.2. The summed E-state index contributed by atoms with van der Waals surface area (Å²) in [4.78, 5) is 2.61. The molecule has 0 amide bonds. The number of rotatable bonds is 9. The molecule has 1 heteroatoms. The summed E-state index contributed by atoms with van der Waals surface area (Å²) in [6.45, 7) is 0. The van der Waals surface area contributed by atoms with Crippen molar-refractivity contribution in [3.8, 4) is 33.4 Å². The molecule has 3 aliphatic rings. The quantitative estimate of drug-likeness (QED) is 0.140. The topological polar surface area (TPSA) is 3.24 Å². The average molecular weight is 880 g/mol. The van der Waals surface area contributed by atoms with E-state index < -0.39 is 10.8 Å². The summed E-state index contributed by atoms with van der Waals surface area (Å²) < 4.78 is 0. The van der Waals surface area contributed by atoms with Crippen molar-refractivity contribution in [2.45, 2.75) is 23.2 Å². The maximum atomic E-state index is 2.61. The molecule has 0 N–H and O–H groups in total. The molecule has 326 valence electrons. The van der Waals surface area contributed by atoms with E-state index in [4.69, 9.17) is 0 Å². The second kappa shape index (κ2) is 16.7. The summed E-state index contributed by atoms with van der Waals surface area (Å²) in [5.74, 6) is 0.0891. The van der Waals surface area contributed by atoms with Gasteiger partial charge in [-0.05, 0) is 109 Å². The van der Waals surface area contributed by atoms with Gasteiger partial charge in [0.1, 0.15) is 0 Å². The van der Waals surface area contributed by atoms with Crippen molar-refractivity contribution in [1.29, 1.82) is 0 Å². The van der Waals surface area contributed by atoms with Crippen LogP contribution >= 0.6 is 0 Å². The maximum Gasteiger partial charge on any atom is 0.0734 e. The number of fused-ring (bicyclic) bond motifs is 6. The Morgan fingerprint density at radius 2 is 0.783 bits per heavy atom. The van der Waals surface area contributed by atoms with E-state index in [0.29, 0.717) is 0 Å². The van der Waals surface area contributed by atoms with Gasteiger partial charge in [0.2, 0.25) is 0 Å². The molecule has 0 radical (unpaired) electrons. The fourth-order valence-corrected chi connectivity index (χ4v) is 12.4. The maximum absolute atomic E-state index is 2.61. The molecular weight excluding hydrogens is 831 g/mol. The number of benzene rings is 10. The molecule has 0 fully saturated rings. The number of hydrogen-bond acceptors (Lipinski definition) is 1. The highest BCUT2D eigenvalue weighted by Gasteiger charge is 2.49. The van der Waals surface area contributed by atoms with E-state index in [9.17, 15) is 0 Å². The Kier molecular flexibility index (Phi) is 9.84.